The predicted octanol–water partition coefficient (Wildman–Crippen LogP) is 3.74. The summed E-state index contributed by atoms with van der Waals surface area (Å²) in [5.41, 5.74) is 1.61. The van der Waals surface area contributed by atoms with Crippen molar-refractivity contribution in [3.05, 3.63) is 35.6 Å². The van der Waals surface area contributed by atoms with E-state index in [4.69, 9.17) is 0 Å². The third kappa shape index (κ3) is 3.29. The molecule has 0 spiro atoms. The standard InChI is InChI=1S/C15H22FN/c1-11-8-15(2,3)9-14(11)17-10-12-4-6-13(16)7-5-12/h4-7,11,14,17H,8-10H2,1-3H3. The highest BCUT2D eigenvalue weighted by Gasteiger charge is 2.36. The van der Waals surface area contributed by atoms with E-state index in [0.29, 0.717) is 11.5 Å². The second kappa shape index (κ2) is 4.77. The Kier molecular flexibility index (Phi) is 3.53. The number of hydrogen-bond acceptors (Lipinski definition) is 1. The molecule has 0 aromatic heterocycles. The molecule has 0 radical (unpaired) electrons. The van der Waals surface area contributed by atoms with Crippen molar-refractivity contribution in [2.45, 2.75) is 46.2 Å². The Bertz CT molecular complexity index is 369. The minimum absolute atomic E-state index is 0.163. The lowest BCUT2D eigenvalue weighted by Gasteiger charge is -2.18. The normalized spacial score (nSPS) is 27.3. The minimum atomic E-state index is -0.163. The van der Waals surface area contributed by atoms with Crippen LogP contribution in [0.2, 0.25) is 0 Å². The fourth-order valence-electron chi connectivity index (χ4n) is 3.02. The molecular weight excluding hydrogens is 213 g/mol. The fourth-order valence-corrected chi connectivity index (χ4v) is 3.02. The summed E-state index contributed by atoms with van der Waals surface area (Å²) in [4.78, 5) is 0. The second-order valence-electron chi connectivity index (χ2n) is 6.16. The van der Waals surface area contributed by atoms with Gasteiger partial charge in [0.2, 0.25) is 0 Å². The van der Waals surface area contributed by atoms with Gasteiger partial charge in [0.1, 0.15) is 5.82 Å². The van der Waals surface area contributed by atoms with Gasteiger partial charge in [-0.25, -0.2) is 4.39 Å². The van der Waals surface area contributed by atoms with Gasteiger partial charge in [0.05, 0.1) is 0 Å². The molecule has 2 unspecified atom stereocenters. The number of hydrogen-bond donors (Lipinski definition) is 1. The first-order chi connectivity index (χ1) is 7.96. The first-order valence-corrected chi connectivity index (χ1v) is 6.44. The SMILES string of the molecule is CC1CC(C)(C)CC1NCc1ccc(F)cc1. The summed E-state index contributed by atoms with van der Waals surface area (Å²) in [6, 6.07) is 7.35. The zero-order chi connectivity index (χ0) is 12.5. The summed E-state index contributed by atoms with van der Waals surface area (Å²) < 4.78 is 12.8. The van der Waals surface area contributed by atoms with Crippen LogP contribution in [0.3, 0.4) is 0 Å². The quantitative estimate of drug-likeness (QED) is 0.841. The summed E-state index contributed by atoms with van der Waals surface area (Å²) in [7, 11) is 0. The van der Waals surface area contributed by atoms with Gasteiger partial charge in [-0.1, -0.05) is 32.9 Å². The maximum absolute atomic E-state index is 12.8. The van der Waals surface area contributed by atoms with Crippen molar-refractivity contribution < 1.29 is 4.39 Å². The number of rotatable bonds is 3. The van der Waals surface area contributed by atoms with Crippen LogP contribution in [0.1, 0.15) is 39.2 Å². The molecule has 0 saturated heterocycles. The van der Waals surface area contributed by atoms with Gasteiger partial charge in [-0.05, 0) is 41.9 Å². The van der Waals surface area contributed by atoms with E-state index in [1.54, 1.807) is 0 Å². The first kappa shape index (κ1) is 12.6. The van der Waals surface area contributed by atoms with Crippen LogP contribution in [-0.2, 0) is 6.54 Å². The molecule has 0 aliphatic heterocycles. The van der Waals surface area contributed by atoms with Crippen molar-refractivity contribution in [2.24, 2.45) is 11.3 Å². The van der Waals surface area contributed by atoms with E-state index in [2.05, 4.69) is 26.1 Å². The van der Waals surface area contributed by atoms with Gasteiger partial charge in [0, 0.05) is 12.6 Å². The fraction of sp³-hybridized carbons (Fsp3) is 0.600. The lowest BCUT2D eigenvalue weighted by Crippen LogP contribution is -2.31. The highest BCUT2D eigenvalue weighted by molar-refractivity contribution is 5.16. The highest BCUT2D eigenvalue weighted by atomic mass is 19.1. The molecule has 0 bridgehead atoms. The maximum atomic E-state index is 12.8. The van der Waals surface area contributed by atoms with Crippen LogP contribution in [-0.4, -0.2) is 6.04 Å². The van der Waals surface area contributed by atoms with E-state index in [-0.39, 0.29) is 5.82 Å². The van der Waals surface area contributed by atoms with Crippen molar-refractivity contribution in [3.8, 4) is 0 Å². The monoisotopic (exact) mass is 235 g/mol. The van der Waals surface area contributed by atoms with Crippen LogP contribution in [0.5, 0.6) is 0 Å². The molecule has 1 N–H and O–H groups in total. The molecule has 1 saturated carbocycles. The van der Waals surface area contributed by atoms with Gasteiger partial charge >= 0.3 is 0 Å². The average molecular weight is 235 g/mol. The van der Waals surface area contributed by atoms with Gasteiger partial charge < -0.3 is 5.32 Å². The van der Waals surface area contributed by atoms with Crippen molar-refractivity contribution in [2.75, 3.05) is 0 Å². The Morgan fingerprint density at radius 1 is 1.24 bits per heavy atom. The van der Waals surface area contributed by atoms with E-state index in [0.717, 1.165) is 18.0 Å². The van der Waals surface area contributed by atoms with Crippen LogP contribution in [0.15, 0.2) is 24.3 Å². The Balaban J connectivity index is 1.88. The third-order valence-electron chi connectivity index (χ3n) is 3.82. The largest absolute Gasteiger partial charge is 0.310 e. The minimum Gasteiger partial charge on any atom is -0.310 e. The molecule has 1 fully saturated rings. The molecule has 0 heterocycles. The Morgan fingerprint density at radius 2 is 1.88 bits per heavy atom. The molecule has 2 rings (SSSR count). The van der Waals surface area contributed by atoms with E-state index in [1.807, 2.05) is 12.1 Å². The summed E-state index contributed by atoms with van der Waals surface area (Å²) in [6.07, 6.45) is 2.52. The van der Waals surface area contributed by atoms with Crippen LogP contribution in [0.4, 0.5) is 4.39 Å². The Hall–Kier alpha value is -0.890. The molecule has 94 valence electrons. The zero-order valence-electron chi connectivity index (χ0n) is 11.0. The second-order valence-corrected chi connectivity index (χ2v) is 6.16. The van der Waals surface area contributed by atoms with Crippen molar-refractivity contribution in [1.29, 1.82) is 0 Å². The first-order valence-electron chi connectivity index (χ1n) is 6.44. The predicted molar refractivity (Wildman–Crippen MR) is 69.2 cm³/mol. The molecule has 1 nitrogen and oxygen atoms in total. The van der Waals surface area contributed by atoms with Crippen molar-refractivity contribution >= 4 is 0 Å². The highest BCUT2D eigenvalue weighted by Crippen LogP contribution is 2.40. The summed E-state index contributed by atoms with van der Waals surface area (Å²) in [5, 5.41) is 3.60. The van der Waals surface area contributed by atoms with Gasteiger partial charge in [-0.2, -0.15) is 0 Å². The third-order valence-corrected chi connectivity index (χ3v) is 3.82. The molecule has 2 atom stereocenters. The maximum Gasteiger partial charge on any atom is 0.123 e. The number of nitrogens with one attached hydrogen (secondary N) is 1. The molecular formula is C15H22FN. The summed E-state index contributed by atoms with van der Waals surface area (Å²) >= 11 is 0. The molecule has 1 aromatic rings. The van der Waals surface area contributed by atoms with Crippen molar-refractivity contribution in [1.82, 2.24) is 5.32 Å². The lowest BCUT2D eigenvalue weighted by atomic mass is 9.91. The zero-order valence-corrected chi connectivity index (χ0v) is 11.0. The van der Waals surface area contributed by atoms with Crippen LogP contribution in [0, 0.1) is 17.2 Å². The van der Waals surface area contributed by atoms with Gasteiger partial charge in [-0.3, -0.25) is 0 Å². The van der Waals surface area contributed by atoms with Gasteiger partial charge in [-0.15, -0.1) is 0 Å². The summed E-state index contributed by atoms with van der Waals surface area (Å²) in [6.45, 7) is 7.83. The van der Waals surface area contributed by atoms with Crippen LogP contribution >= 0.6 is 0 Å². The van der Waals surface area contributed by atoms with E-state index in [1.165, 1.54) is 25.0 Å². The average Bonchev–Trinajstić information content (AvgIpc) is 2.51. The topological polar surface area (TPSA) is 12.0 Å². The van der Waals surface area contributed by atoms with Crippen molar-refractivity contribution in [3.63, 3.8) is 0 Å². The summed E-state index contributed by atoms with van der Waals surface area (Å²) in [5.74, 6) is 0.564. The lowest BCUT2D eigenvalue weighted by molar-refractivity contribution is 0.362. The molecule has 1 aromatic carbocycles. The number of halogens is 1. The van der Waals surface area contributed by atoms with E-state index >= 15 is 0 Å². The van der Waals surface area contributed by atoms with Gasteiger partial charge in [0.15, 0.2) is 0 Å². The Labute approximate surface area is 103 Å². The van der Waals surface area contributed by atoms with E-state index in [9.17, 15) is 4.39 Å². The molecule has 0 amide bonds. The Morgan fingerprint density at radius 3 is 2.41 bits per heavy atom. The van der Waals surface area contributed by atoms with Crippen LogP contribution < -0.4 is 5.32 Å². The number of benzene rings is 1. The molecule has 1 aliphatic rings. The van der Waals surface area contributed by atoms with E-state index < -0.39 is 0 Å². The molecule has 2 heteroatoms. The van der Waals surface area contributed by atoms with Crippen LogP contribution in [0.25, 0.3) is 0 Å². The van der Waals surface area contributed by atoms with Gasteiger partial charge in [0.25, 0.3) is 0 Å². The molecule has 1 aliphatic carbocycles. The molecule has 17 heavy (non-hydrogen) atoms. The smallest absolute Gasteiger partial charge is 0.123 e.